The molecular weight excluding hydrogens is 242 g/mol. The van der Waals surface area contributed by atoms with Crippen LogP contribution in [0.25, 0.3) is 0 Å². The lowest BCUT2D eigenvalue weighted by atomic mass is 10.2. The van der Waals surface area contributed by atoms with Crippen molar-refractivity contribution in [1.29, 1.82) is 0 Å². The SMILES string of the molecule is CCC(CC)Oc1ccc(C(N)=S)cc1Cl. The van der Waals surface area contributed by atoms with E-state index in [9.17, 15) is 0 Å². The molecule has 0 heterocycles. The van der Waals surface area contributed by atoms with Gasteiger partial charge in [-0.3, -0.25) is 0 Å². The minimum atomic E-state index is 0.202. The molecule has 0 aromatic heterocycles. The van der Waals surface area contributed by atoms with E-state index in [1.807, 2.05) is 12.1 Å². The van der Waals surface area contributed by atoms with Crippen LogP contribution in [0.1, 0.15) is 32.3 Å². The number of hydrogen-bond acceptors (Lipinski definition) is 2. The van der Waals surface area contributed by atoms with Gasteiger partial charge in [0.15, 0.2) is 0 Å². The van der Waals surface area contributed by atoms with Crippen molar-refractivity contribution in [3.63, 3.8) is 0 Å². The third-order valence-electron chi connectivity index (χ3n) is 2.42. The molecule has 2 nitrogen and oxygen atoms in total. The van der Waals surface area contributed by atoms with E-state index >= 15 is 0 Å². The Bertz CT molecular complexity index is 377. The largest absolute Gasteiger partial charge is 0.489 e. The normalized spacial score (nSPS) is 10.5. The summed E-state index contributed by atoms with van der Waals surface area (Å²) in [6.45, 7) is 4.18. The van der Waals surface area contributed by atoms with Crippen LogP contribution in [0.2, 0.25) is 5.02 Å². The van der Waals surface area contributed by atoms with Gasteiger partial charge < -0.3 is 10.5 Å². The molecule has 0 atom stereocenters. The Labute approximate surface area is 107 Å². The van der Waals surface area contributed by atoms with E-state index in [4.69, 9.17) is 34.3 Å². The van der Waals surface area contributed by atoms with Gasteiger partial charge in [0.2, 0.25) is 0 Å². The van der Waals surface area contributed by atoms with Crippen molar-refractivity contribution in [3.8, 4) is 5.75 Å². The fourth-order valence-electron chi connectivity index (χ4n) is 1.38. The molecule has 4 heteroatoms. The first kappa shape index (κ1) is 13.3. The van der Waals surface area contributed by atoms with Crippen molar-refractivity contribution >= 4 is 28.8 Å². The number of halogens is 1. The zero-order valence-corrected chi connectivity index (χ0v) is 11.1. The molecule has 2 N–H and O–H groups in total. The van der Waals surface area contributed by atoms with Crippen LogP contribution in [0.5, 0.6) is 5.75 Å². The highest BCUT2D eigenvalue weighted by Crippen LogP contribution is 2.27. The maximum atomic E-state index is 6.09. The maximum Gasteiger partial charge on any atom is 0.138 e. The minimum absolute atomic E-state index is 0.202. The molecule has 0 aliphatic carbocycles. The Morgan fingerprint density at radius 1 is 1.44 bits per heavy atom. The highest BCUT2D eigenvalue weighted by Gasteiger charge is 2.09. The topological polar surface area (TPSA) is 35.2 Å². The molecule has 0 aliphatic heterocycles. The maximum absolute atomic E-state index is 6.09. The third kappa shape index (κ3) is 3.35. The summed E-state index contributed by atoms with van der Waals surface area (Å²) in [7, 11) is 0. The Balaban J connectivity index is 2.86. The summed E-state index contributed by atoms with van der Waals surface area (Å²) in [5, 5.41) is 0.553. The number of rotatable bonds is 5. The Morgan fingerprint density at radius 3 is 2.50 bits per heavy atom. The number of ether oxygens (including phenoxy) is 1. The van der Waals surface area contributed by atoms with Gasteiger partial charge in [-0.05, 0) is 31.0 Å². The van der Waals surface area contributed by atoms with Gasteiger partial charge in [0.25, 0.3) is 0 Å². The second-order valence-corrected chi connectivity index (χ2v) is 4.41. The lowest BCUT2D eigenvalue weighted by Crippen LogP contribution is -2.14. The van der Waals surface area contributed by atoms with Crippen LogP contribution in [-0.4, -0.2) is 11.1 Å². The van der Waals surface area contributed by atoms with E-state index in [1.54, 1.807) is 6.07 Å². The van der Waals surface area contributed by atoms with E-state index in [0.717, 1.165) is 18.4 Å². The first-order chi connectivity index (χ1) is 7.58. The van der Waals surface area contributed by atoms with Crippen molar-refractivity contribution in [2.75, 3.05) is 0 Å². The van der Waals surface area contributed by atoms with Gasteiger partial charge in [-0.25, -0.2) is 0 Å². The second-order valence-electron chi connectivity index (χ2n) is 3.57. The lowest BCUT2D eigenvalue weighted by molar-refractivity contribution is 0.193. The monoisotopic (exact) mass is 257 g/mol. The highest BCUT2D eigenvalue weighted by atomic mass is 35.5. The smallest absolute Gasteiger partial charge is 0.138 e. The van der Waals surface area contributed by atoms with Gasteiger partial charge in [0.1, 0.15) is 10.7 Å². The minimum Gasteiger partial charge on any atom is -0.489 e. The fourth-order valence-corrected chi connectivity index (χ4v) is 1.74. The van der Waals surface area contributed by atoms with Gasteiger partial charge >= 0.3 is 0 Å². The molecule has 0 saturated heterocycles. The summed E-state index contributed by atoms with van der Waals surface area (Å²) < 4.78 is 5.76. The van der Waals surface area contributed by atoms with Crippen molar-refractivity contribution in [2.45, 2.75) is 32.8 Å². The van der Waals surface area contributed by atoms with Crippen molar-refractivity contribution < 1.29 is 4.74 Å². The van der Waals surface area contributed by atoms with E-state index in [2.05, 4.69) is 13.8 Å². The summed E-state index contributed by atoms with van der Waals surface area (Å²) in [6.07, 6.45) is 2.13. The van der Waals surface area contributed by atoms with Gasteiger partial charge in [-0.1, -0.05) is 37.7 Å². The van der Waals surface area contributed by atoms with Crippen LogP contribution in [-0.2, 0) is 0 Å². The predicted octanol–water partition coefficient (Wildman–Crippen LogP) is 3.54. The summed E-state index contributed by atoms with van der Waals surface area (Å²) in [5.74, 6) is 0.690. The average molecular weight is 258 g/mol. The first-order valence-electron chi connectivity index (χ1n) is 5.34. The van der Waals surface area contributed by atoms with Crippen molar-refractivity contribution in [3.05, 3.63) is 28.8 Å². The molecule has 1 aromatic carbocycles. The van der Waals surface area contributed by atoms with Crippen molar-refractivity contribution in [2.24, 2.45) is 5.73 Å². The van der Waals surface area contributed by atoms with Crippen LogP contribution in [0.3, 0.4) is 0 Å². The summed E-state index contributed by atoms with van der Waals surface area (Å²) in [4.78, 5) is 0.344. The molecular formula is C12H16ClNOS. The molecule has 0 saturated carbocycles. The summed E-state index contributed by atoms with van der Waals surface area (Å²) >= 11 is 11.0. The number of nitrogens with two attached hydrogens (primary N) is 1. The Hall–Kier alpha value is -0.800. The molecule has 1 rings (SSSR count). The van der Waals surface area contributed by atoms with Gasteiger partial charge in [-0.2, -0.15) is 0 Å². The molecule has 1 aromatic rings. The van der Waals surface area contributed by atoms with E-state index in [-0.39, 0.29) is 6.10 Å². The van der Waals surface area contributed by atoms with Crippen LogP contribution < -0.4 is 10.5 Å². The Kier molecular flexibility index (Phi) is 5.03. The molecule has 0 radical (unpaired) electrons. The van der Waals surface area contributed by atoms with Crippen LogP contribution in [0.4, 0.5) is 0 Å². The zero-order valence-electron chi connectivity index (χ0n) is 9.50. The quantitative estimate of drug-likeness (QED) is 0.820. The second kappa shape index (κ2) is 6.06. The summed E-state index contributed by atoms with van der Waals surface area (Å²) in [5.41, 5.74) is 6.28. The van der Waals surface area contributed by atoms with Crippen LogP contribution in [0.15, 0.2) is 18.2 Å². The summed E-state index contributed by atoms with van der Waals surface area (Å²) in [6, 6.07) is 5.38. The molecule has 16 heavy (non-hydrogen) atoms. The van der Waals surface area contributed by atoms with Crippen LogP contribution >= 0.6 is 23.8 Å². The number of benzene rings is 1. The predicted molar refractivity (Wildman–Crippen MR) is 72.3 cm³/mol. The van der Waals surface area contributed by atoms with Crippen LogP contribution in [0, 0.1) is 0 Å². The van der Waals surface area contributed by atoms with Gasteiger partial charge in [0.05, 0.1) is 11.1 Å². The Morgan fingerprint density at radius 2 is 2.06 bits per heavy atom. The molecule has 0 bridgehead atoms. The zero-order chi connectivity index (χ0) is 12.1. The molecule has 88 valence electrons. The number of thiocarbonyl (C=S) groups is 1. The van der Waals surface area contributed by atoms with Gasteiger partial charge in [-0.15, -0.1) is 0 Å². The number of hydrogen-bond donors (Lipinski definition) is 1. The van der Waals surface area contributed by atoms with Gasteiger partial charge in [0, 0.05) is 5.56 Å². The molecule has 0 spiro atoms. The molecule has 0 aliphatic rings. The van der Waals surface area contributed by atoms with E-state index in [1.165, 1.54) is 0 Å². The molecule has 0 unspecified atom stereocenters. The van der Waals surface area contributed by atoms with E-state index in [0.29, 0.717) is 15.8 Å². The molecule has 0 fully saturated rings. The average Bonchev–Trinajstić information content (AvgIpc) is 2.27. The fraction of sp³-hybridized carbons (Fsp3) is 0.417. The van der Waals surface area contributed by atoms with E-state index < -0.39 is 0 Å². The van der Waals surface area contributed by atoms with Crippen molar-refractivity contribution in [1.82, 2.24) is 0 Å². The molecule has 0 amide bonds. The lowest BCUT2D eigenvalue weighted by Gasteiger charge is -2.16. The third-order valence-corrected chi connectivity index (χ3v) is 2.95. The highest BCUT2D eigenvalue weighted by molar-refractivity contribution is 7.80. The first-order valence-corrected chi connectivity index (χ1v) is 6.13. The standard InChI is InChI=1S/C12H16ClNOS/c1-3-9(4-2)15-11-6-5-8(12(14)16)7-10(11)13/h5-7,9H,3-4H2,1-2H3,(H2,14,16).